The van der Waals surface area contributed by atoms with Crippen molar-refractivity contribution in [1.29, 1.82) is 0 Å². The van der Waals surface area contributed by atoms with Gasteiger partial charge in [-0.1, -0.05) is 41.2 Å². The topological polar surface area (TPSA) is 64.1 Å². The molecule has 6 heteroatoms. The fourth-order valence-corrected chi connectivity index (χ4v) is 2.50. The summed E-state index contributed by atoms with van der Waals surface area (Å²) in [6.07, 6.45) is 1.06. The summed E-state index contributed by atoms with van der Waals surface area (Å²) >= 11 is 1.39. The molecule has 21 heavy (non-hydrogen) atoms. The van der Waals surface area contributed by atoms with Crippen molar-refractivity contribution in [3.05, 3.63) is 40.4 Å². The summed E-state index contributed by atoms with van der Waals surface area (Å²) in [5, 5.41) is 12.2. The minimum atomic E-state index is -0.0774. The maximum Gasteiger partial charge on any atom is 0.230 e. The molecule has 1 heterocycles. The highest BCUT2D eigenvalue weighted by Crippen LogP contribution is 2.16. The number of nitrogens with zero attached hydrogens (tertiary/aromatic N) is 2. The fraction of sp³-hybridized carbons (Fsp3) is 0.400. The van der Waals surface area contributed by atoms with E-state index in [2.05, 4.69) is 15.5 Å². The summed E-state index contributed by atoms with van der Waals surface area (Å²) in [5.41, 5.74) is 2.17. The van der Waals surface area contributed by atoms with Gasteiger partial charge in [-0.25, -0.2) is 0 Å². The Bertz CT molecular complexity index is 581. The predicted octanol–water partition coefficient (Wildman–Crippen LogP) is 2.61. The van der Waals surface area contributed by atoms with Gasteiger partial charge >= 0.3 is 0 Å². The van der Waals surface area contributed by atoms with Crippen molar-refractivity contribution >= 4 is 22.4 Å². The van der Waals surface area contributed by atoms with Crippen molar-refractivity contribution in [1.82, 2.24) is 10.2 Å². The van der Waals surface area contributed by atoms with Gasteiger partial charge in [0.2, 0.25) is 11.0 Å². The molecule has 0 unspecified atom stereocenters. The van der Waals surface area contributed by atoms with E-state index in [1.165, 1.54) is 16.9 Å². The number of carbonyl (C=O) groups is 1. The summed E-state index contributed by atoms with van der Waals surface area (Å²) in [7, 11) is 0. The quantitative estimate of drug-likeness (QED) is 0.799. The average molecular weight is 305 g/mol. The molecule has 0 aliphatic heterocycles. The molecule has 0 saturated heterocycles. The molecule has 2 rings (SSSR count). The molecule has 1 aromatic heterocycles. The molecular weight excluding hydrogens is 286 g/mol. The van der Waals surface area contributed by atoms with Gasteiger partial charge in [0.15, 0.2) is 0 Å². The van der Waals surface area contributed by atoms with Crippen molar-refractivity contribution in [2.45, 2.75) is 26.7 Å². The van der Waals surface area contributed by atoms with Gasteiger partial charge in [-0.2, -0.15) is 0 Å². The zero-order valence-electron chi connectivity index (χ0n) is 12.3. The third-order valence-corrected chi connectivity index (χ3v) is 3.76. The Morgan fingerprint density at radius 1 is 1.29 bits per heavy atom. The van der Waals surface area contributed by atoms with Crippen LogP contribution >= 0.6 is 11.3 Å². The molecule has 0 atom stereocenters. The molecule has 0 aliphatic rings. The van der Waals surface area contributed by atoms with Crippen LogP contribution in [0, 0.1) is 6.92 Å². The number of aromatic nitrogens is 2. The van der Waals surface area contributed by atoms with Gasteiger partial charge in [-0.05, 0) is 19.4 Å². The van der Waals surface area contributed by atoms with E-state index in [9.17, 15) is 4.79 Å². The smallest absolute Gasteiger partial charge is 0.230 e. The number of nitrogens with one attached hydrogen (secondary N) is 1. The number of amides is 1. The first-order valence-corrected chi connectivity index (χ1v) is 7.74. The molecule has 0 bridgehead atoms. The van der Waals surface area contributed by atoms with E-state index in [1.807, 2.05) is 38.1 Å². The number of rotatable bonds is 7. The highest BCUT2D eigenvalue weighted by Gasteiger charge is 2.09. The van der Waals surface area contributed by atoms with Crippen LogP contribution in [-0.4, -0.2) is 29.3 Å². The van der Waals surface area contributed by atoms with Crippen LogP contribution in [-0.2, 0) is 22.4 Å². The molecule has 0 spiro atoms. The van der Waals surface area contributed by atoms with Gasteiger partial charge in [0.1, 0.15) is 5.01 Å². The Balaban J connectivity index is 1.83. The third-order valence-electron chi connectivity index (χ3n) is 2.86. The maximum atomic E-state index is 11.9. The van der Waals surface area contributed by atoms with Crippen molar-refractivity contribution in [3.63, 3.8) is 0 Å². The lowest BCUT2D eigenvalue weighted by Crippen LogP contribution is -2.14. The van der Waals surface area contributed by atoms with Crippen LogP contribution in [0.4, 0.5) is 5.13 Å². The molecular formula is C15H19N3O2S. The molecule has 1 amide bonds. The van der Waals surface area contributed by atoms with Crippen molar-refractivity contribution < 1.29 is 9.53 Å². The van der Waals surface area contributed by atoms with Crippen LogP contribution < -0.4 is 5.32 Å². The van der Waals surface area contributed by atoms with Crippen LogP contribution in [0.5, 0.6) is 0 Å². The summed E-state index contributed by atoms with van der Waals surface area (Å²) in [5.74, 6) is -0.0774. The molecule has 112 valence electrons. The normalized spacial score (nSPS) is 10.6. The number of aryl methyl sites for hydroxylation is 1. The Kier molecular flexibility index (Phi) is 5.83. The van der Waals surface area contributed by atoms with Gasteiger partial charge < -0.3 is 10.1 Å². The minimum Gasteiger partial charge on any atom is -0.381 e. The van der Waals surface area contributed by atoms with Crippen LogP contribution in [0.1, 0.15) is 23.1 Å². The Morgan fingerprint density at radius 2 is 2.05 bits per heavy atom. The number of ether oxygens (including phenoxy) is 1. The summed E-state index contributed by atoms with van der Waals surface area (Å²) in [6.45, 7) is 5.30. The van der Waals surface area contributed by atoms with E-state index in [1.54, 1.807) is 0 Å². The van der Waals surface area contributed by atoms with Crippen LogP contribution in [0.3, 0.4) is 0 Å². The highest BCUT2D eigenvalue weighted by atomic mass is 32.1. The minimum absolute atomic E-state index is 0.0774. The lowest BCUT2D eigenvalue weighted by atomic mass is 10.1. The van der Waals surface area contributed by atoms with Gasteiger partial charge in [-0.15, -0.1) is 10.2 Å². The summed E-state index contributed by atoms with van der Waals surface area (Å²) in [4.78, 5) is 11.9. The largest absolute Gasteiger partial charge is 0.381 e. The summed E-state index contributed by atoms with van der Waals surface area (Å²) in [6, 6.07) is 7.92. The molecule has 0 saturated carbocycles. The van der Waals surface area contributed by atoms with E-state index in [0.29, 0.717) is 24.8 Å². The second kappa shape index (κ2) is 7.85. The third kappa shape index (κ3) is 5.24. The number of hydrogen-bond acceptors (Lipinski definition) is 5. The molecule has 1 N–H and O–H groups in total. The molecule has 2 aromatic rings. The standard InChI is InChI=1S/C15H19N3O2S/c1-3-20-9-8-14-17-18-15(21-14)16-13(19)10-12-6-4-11(2)5-7-12/h4-7H,3,8-10H2,1-2H3,(H,16,18,19). The first-order chi connectivity index (χ1) is 10.2. The van der Waals surface area contributed by atoms with Gasteiger partial charge in [-0.3, -0.25) is 4.79 Å². The molecule has 0 aliphatic carbocycles. The fourth-order valence-electron chi connectivity index (χ4n) is 1.76. The Hall–Kier alpha value is -1.79. The van der Waals surface area contributed by atoms with Crippen LogP contribution in [0.15, 0.2) is 24.3 Å². The number of anilines is 1. The van der Waals surface area contributed by atoms with Gasteiger partial charge in [0.05, 0.1) is 13.0 Å². The lowest BCUT2D eigenvalue weighted by molar-refractivity contribution is -0.115. The lowest BCUT2D eigenvalue weighted by Gasteiger charge is -2.02. The van der Waals surface area contributed by atoms with Gasteiger partial charge in [0, 0.05) is 13.0 Å². The monoisotopic (exact) mass is 305 g/mol. The SMILES string of the molecule is CCOCCc1nnc(NC(=O)Cc2ccc(C)cc2)s1. The van der Waals surface area contributed by atoms with E-state index in [0.717, 1.165) is 17.0 Å². The van der Waals surface area contributed by atoms with Crippen LogP contribution in [0.25, 0.3) is 0 Å². The molecule has 0 fully saturated rings. The first kappa shape index (κ1) is 15.6. The van der Waals surface area contributed by atoms with E-state index < -0.39 is 0 Å². The first-order valence-electron chi connectivity index (χ1n) is 6.93. The zero-order chi connectivity index (χ0) is 15.1. The second-order valence-electron chi connectivity index (χ2n) is 4.66. The van der Waals surface area contributed by atoms with Crippen LogP contribution in [0.2, 0.25) is 0 Å². The molecule has 1 aromatic carbocycles. The van der Waals surface area contributed by atoms with Gasteiger partial charge in [0.25, 0.3) is 0 Å². The van der Waals surface area contributed by atoms with Crippen molar-refractivity contribution in [3.8, 4) is 0 Å². The van der Waals surface area contributed by atoms with E-state index >= 15 is 0 Å². The van der Waals surface area contributed by atoms with Crippen molar-refractivity contribution in [2.75, 3.05) is 18.5 Å². The predicted molar refractivity (Wildman–Crippen MR) is 83.6 cm³/mol. The van der Waals surface area contributed by atoms with E-state index in [4.69, 9.17) is 4.74 Å². The molecule has 5 nitrogen and oxygen atoms in total. The number of hydrogen-bond donors (Lipinski definition) is 1. The second-order valence-corrected chi connectivity index (χ2v) is 5.72. The van der Waals surface area contributed by atoms with Crippen molar-refractivity contribution in [2.24, 2.45) is 0 Å². The van der Waals surface area contributed by atoms with E-state index in [-0.39, 0.29) is 5.91 Å². The Labute approximate surface area is 128 Å². The Morgan fingerprint density at radius 3 is 2.76 bits per heavy atom. The average Bonchev–Trinajstić information content (AvgIpc) is 2.89. The number of benzene rings is 1. The summed E-state index contributed by atoms with van der Waals surface area (Å²) < 4.78 is 5.27. The zero-order valence-corrected chi connectivity index (χ0v) is 13.1. The number of carbonyl (C=O) groups excluding carboxylic acids is 1. The highest BCUT2D eigenvalue weighted by molar-refractivity contribution is 7.15. The molecule has 0 radical (unpaired) electrons. The maximum absolute atomic E-state index is 11.9.